The van der Waals surface area contributed by atoms with Crippen molar-refractivity contribution in [3.05, 3.63) is 185 Å². The summed E-state index contributed by atoms with van der Waals surface area (Å²) in [6.07, 6.45) is 3.62. The first kappa shape index (κ1) is 37.1. The molecule has 1 atom stereocenters. The van der Waals surface area contributed by atoms with Crippen molar-refractivity contribution in [3.8, 4) is 67.3 Å². The van der Waals surface area contributed by atoms with Crippen molar-refractivity contribution in [1.29, 1.82) is 0 Å². The van der Waals surface area contributed by atoms with Crippen LogP contribution < -0.4 is 11.5 Å². The Morgan fingerprint density at radius 2 is 1.08 bits per heavy atom. The van der Waals surface area contributed by atoms with Gasteiger partial charge in [-0.15, -0.1) is 0 Å². The fraction of sp³-hybridized carbons (Fsp3) is 0.0784. The Morgan fingerprint density at radius 3 is 1.55 bits per heavy atom. The number of nitrogens with two attached hydrogens (primary N) is 2. The lowest BCUT2D eigenvalue weighted by Crippen LogP contribution is -2.45. The minimum atomic E-state index is -0.953. The number of rotatable bonds is 9. The highest BCUT2D eigenvalue weighted by molar-refractivity contribution is 7.08. The Hall–Kier alpha value is -7.17. The minimum absolute atomic E-state index is 0.203. The molecule has 0 saturated carbocycles. The molecule has 8 nitrogen and oxygen atoms in total. The molecular formula is C51H39N7OS. The van der Waals surface area contributed by atoms with Gasteiger partial charge >= 0.3 is 0 Å². The Bertz CT molecular complexity index is 3130. The van der Waals surface area contributed by atoms with E-state index in [2.05, 4.69) is 119 Å². The zero-order valence-electron chi connectivity index (χ0n) is 33.0. The highest BCUT2D eigenvalue weighted by atomic mass is 32.1. The van der Waals surface area contributed by atoms with Crippen molar-refractivity contribution >= 4 is 33.1 Å². The smallest absolute Gasteiger partial charge is 0.143 e. The summed E-state index contributed by atoms with van der Waals surface area (Å²) in [6, 6.07) is 47.7. The molecule has 10 rings (SSSR count). The van der Waals surface area contributed by atoms with Gasteiger partial charge < -0.3 is 16.0 Å². The molecule has 290 valence electrons. The lowest BCUT2D eigenvalue weighted by molar-refractivity contribution is 0.393. The number of hydrogen-bond acceptors (Lipinski definition) is 9. The number of pyridine rings is 4. The normalized spacial score (nSPS) is 12.5. The van der Waals surface area contributed by atoms with E-state index in [9.17, 15) is 0 Å². The molecule has 0 spiro atoms. The molecular weight excluding hydrogens is 759 g/mol. The SMILES string of the molecule is Cc1noc(C)c1-c1nccc2nc(-c3ccc(C(N)(CN)c4ccc(-c5nc6ccnc(-c7ccsc7)c6cc5-c5ccccc5)cc4)cc3)c(-c3ccccc3)cc12. The van der Waals surface area contributed by atoms with Gasteiger partial charge in [0.1, 0.15) is 5.76 Å². The van der Waals surface area contributed by atoms with Gasteiger partial charge in [-0.05, 0) is 71.8 Å². The Balaban J connectivity index is 1.03. The third kappa shape index (κ3) is 6.46. The van der Waals surface area contributed by atoms with Crippen molar-refractivity contribution in [2.75, 3.05) is 6.54 Å². The zero-order valence-corrected chi connectivity index (χ0v) is 33.8. The molecule has 4 aromatic carbocycles. The van der Waals surface area contributed by atoms with Crippen molar-refractivity contribution in [2.45, 2.75) is 19.4 Å². The summed E-state index contributed by atoms with van der Waals surface area (Å²) in [4.78, 5) is 20.1. The van der Waals surface area contributed by atoms with E-state index in [4.69, 9.17) is 35.9 Å². The van der Waals surface area contributed by atoms with E-state index < -0.39 is 5.54 Å². The number of hydrogen-bond donors (Lipinski definition) is 2. The fourth-order valence-corrected chi connectivity index (χ4v) is 8.85. The van der Waals surface area contributed by atoms with Gasteiger partial charge in [-0.25, -0.2) is 9.97 Å². The van der Waals surface area contributed by atoms with E-state index >= 15 is 0 Å². The van der Waals surface area contributed by atoms with Gasteiger partial charge in [-0.1, -0.05) is 114 Å². The molecule has 6 heterocycles. The average Bonchev–Trinajstić information content (AvgIpc) is 3.97. The number of nitrogens with zero attached hydrogens (tertiary/aromatic N) is 5. The highest BCUT2D eigenvalue weighted by Crippen LogP contribution is 2.40. The van der Waals surface area contributed by atoms with Gasteiger partial charge in [0.25, 0.3) is 0 Å². The maximum atomic E-state index is 7.28. The van der Waals surface area contributed by atoms with Gasteiger partial charge in [0.15, 0.2) is 0 Å². The monoisotopic (exact) mass is 797 g/mol. The predicted molar refractivity (Wildman–Crippen MR) is 243 cm³/mol. The topological polar surface area (TPSA) is 130 Å². The van der Waals surface area contributed by atoms with Crippen LogP contribution in [-0.2, 0) is 5.54 Å². The third-order valence-electron chi connectivity index (χ3n) is 11.4. The Labute approximate surface area is 351 Å². The van der Waals surface area contributed by atoms with E-state index in [1.807, 2.05) is 56.4 Å². The van der Waals surface area contributed by atoms with Gasteiger partial charge in [-0.3, -0.25) is 9.97 Å². The molecule has 4 N–H and O–H groups in total. The van der Waals surface area contributed by atoms with Crippen molar-refractivity contribution in [2.24, 2.45) is 11.5 Å². The largest absolute Gasteiger partial charge is 0.361 e. The van der Waals surface area contributed by atoms with E-state index in [0.717, 1.165) is 112 Å². The van der Waals surface area contributed by atoms with Crippen LogP contribution >= 0.6 is 11.3 Å². The van der Waals surface area contributed by atoms with Crippen molar-refractivity contribution in [1.82, 2.24) is 25.1 Å². The number of aromatic nitrogens is 5. The lowest BCUT2D eigenvalue weighted by atomic mass is 9.82. The van der Waals surface area contributed by atoms with Gasteiger partial charge in [0.05, 0.1) is 50.6 Å². The standard InChI is InChI=1S/C51H39N7OS/c1-31-46(32(2)59-58-31)50-43-28-41(34-11-7-4-8-12-34)49(57-45(43)22-25-55-50)36-15-19-39(20-16-36)51(53,30-52)38-17-13-35(14-18-38)48-40(33-9-5-3-6-10-33)27-42-44(56-48)21-24-54-47(42)37-23-26-60-29-37/h3-29H,30,52-53H2,1-2H3. The second kappa shape index (κ2) is 15.2. The van der Waals surface area contributed by atoms with Crippen LogP contribution in [0.5, 0.6) is 0 Å². The molecule has 0 amide bonds. The molecule has 0 saturated heterocycles. The van der Waals surface area contributed by atoms with Crippen molar-refractivity contribution in [3.63, 3.8) is 0 Å². The molecule has 0 bridgehead atoms. The molecule has 0 radical (unpaired) electrons. The van der Waals surface area contributed by atoms with Crippen LogP contribution in [0, 0.1) is 13.8 Å². The van der Waals surface area contributed by atoms with Crippen LogP contribution in [0.4, 0.5) is 0 Å². The van der Waals surface area contributed by atoms with Gasteiger partial charge in [-0.2, -0.15) is 11.3 Å². The molecule has 9 heteroatoms. The summed E-state index contributed by atoms with van der Waals surface area (Å²) in [5, 5.41) is 10.3. The summed E-state index contributed by atoms with van der Waals surface area (Å²) in [5.74, 6) is 0.719. The first-order valence-corrected chi connectivity index (χ1v) is 20.7. The zero-order chi connectivity index (χ0) is 40.8. The van der Waals surface area contributed by atoms with Crippen LogP contribution in [0.3, 0.4) is 0 Å². The first-order chi connectivity index (χ1) is 29.4. The lowest BCUT2D eigenvalue weighted by Gasteiger charge is -2.30. The van der Waals surface area contributed by atoms with E-state index in [1.165, 1.54) is 0 Å². The Morgan fingerprint density at radius 1 is 0.567 bits per heavy atom. The summed E-state index contributed by atoms with van der Waals surface area (Å²) in [5.41, 5.74) is 28.7. The molecule has 1 unspecified atom stereocenters. The predicted octanol–water partition coefficient (Wildman–Crippen LogP) is 11.4. The summed E-state index contributed by atoms with van der Waals surface area (Å²) >= 11 is 1.66. The average molecular weight is 798 g/mol. The van der Waals surface area contributed by atoms with Crippen LogP contribution in [0.2, 0.25) is 0 Å². The maximum Gasteiger partial charge on any atom is 0.143 e. The molecule has 10 aromatic rings. The third-order valence-corrected chi connectivity index (χ3v) is 12.1. The molecule has 0 fully saturated rings. The second-order valence-electron chi connectivity index (χ2n) is 15.0. The van der Waals surface area contributed by atoms with Crippen molar-refractivity contribution < 1.29 is 4.52 Å². The first-order valence-electron chi connectivity index (χ1n) is 19.8. The van der Waals surface area contributed by atoms with Crippen LogP contribution in [-0.4, -0.2) is 31.6 Å². The quantitative estimate of drug-likeness (QED) is 0.148. The number of thiophene rings is 1. The molecule has 0 aliphatic rings. The van der Waals surface area contributed by atoms with Gasteiger partial charge in [0.2, 0.25) is 0 Å². The second-order valence-corrected chi connectivity index (χ2v) is 15.8. The molecule has 0 aliphatic heterocycles. The van der Waals surface area contributed by atoms with Gasteiger partial charge in [0, 0.05) is 62.9 Å². The molecule has 0 aliphatic carbocycles. The molecule has 60 heavy (non-hydrogen) atoms. The highest BCUT2D eigenvalue weighted by Gasteiger charge is 2.29. The van der Waals surface area contributed by atoms with Crippen LogP contribution in [0.25, 0.3) is 89.1 Å². The number of benzene rings is 4. The summed E-state index contributed by atoms with van der Waals surface area (Å²) < 4.78 is 5.53. The van der Waals surface area contributed by atoms with E-state index in [1.54, 1.807) is 17.5 Å². The Kier molecular flexibility index (Phi) is 9.41. The van der Waals surface area contributed by atoms with Crippen LogP contribution in [0.15, 0.2) is 167 Å². The molecule has 6 aromatic heterocycles. The minimum Gasteiger partial charge on any atom is -0.361 e. The maximum absolute atomic E-state index is 7.28. The summed E-state index contributed by atoms with van der Waals surface area (Å²) in [7, 11) is 0. The fourth-order valence-electron chi connectivity index (χ4n) is 8.21. The van der Waals surface area contributed by atoms with E-state index in [0.29, 0.717) is 0 Å². The number of fused-ring (bicyclic) bond motifs is 2. The summed E-state index contributed by atoms with van der Waals surface area (Å²) in [6.45, 7) is 4.05. The van der Waals surface area contributed by atoms with E-state index in [-0.39, 0.29) is 6.54 Å². The van der Waals surface area contributed by atoms with Crippen LogP contribution in [0.1, 0.15) is 22.6 Å². The number of aryl methyl sites for hydroxylation is 2.